The van der Waals surface area contributed by atoms with Crippen molar-refractivity contribution in [3.8, 4) is 11.1 Å². The average Bonchev–Trinajstić information content (AvgIpc) is 3.35. The summed E-state index contributed by atoms with van der Waals surface area (Å²) in [5.41, 5.74) is 4.88. The molecule has 0 N–H and O–H groups in total. The zero-order valence-corrected chi connectivity index (χ0v) is 12.3. The Morgan fingerprint density at radius 2 is 1.81 bits per heavy atom. The third-order valence-corrected chi connectivity index (χ3v) is 4.82. The Balaban J connectivity index is 1.89. The molecule has 0 unspecified atom stereocenters. The van der Waals surface area contributed by atoms with Crippen molar-refractivity contribution in [2.45, 2.75) is 45.1 Å². The number of rotatable bonds is 3. The standard InChI is InChI=1S/C19H21NO/c21-19-17(15-6-2-1-3-7-15)12-16-8-4-5-9-18(16)20(19)13-14-10-11-14/h1-3,6-7,12,14H,4-5,8-11,13H2. The summed E-state index contributed by atoms with van der Waals surface area (Å²) in [7, 11) is 0. The molecule has 2 aliphatic carbocycles. The van der Waals surface area contributed by atoms with Gasteiger partial charge in [0.05, 0.1) is 0 Å². The maximum Gasteiger partial charge on any atom is 0.258 e. The SMILES string of the molecule is O=c1c(-c2ccccc2)cc2c(n1CC1CC1)CCCC2. The van der Waals surface area contributed by atoms with E-state index in [1.807, 2.05) is 30.3 Å². The maximum absolute atomic E-state index is 13.0. The van der Waals surface area contributed by atoms with Gasteiger partial charge in [0.25, 0.3) is 5.56 Å². The molecule has 1 heterocycles. The van der Waals surface area contributed by atoms with Gasteiger partial charge in [-0.25, -0.2) is 0 Å². The van der Waals surface area contributed by atoms with E-state index in [9.17, 15) is 4.79 Å². The van der Waals surface area contributed by atoms with Crippen LogP contribution in [-0.4, -0.2) is 4.57 Å². The van der Waals surface area contributed by atoms with Crippen molar-refractivity contribution in [1.82, 2.24) is 4.57 Å². The summed E-state index contributed by atoms with van der Waals surface area (Å²) in [6.45, 7) is 0.932. The predicted octanol–water partition coefficient (Wildman–Crippen LogP) is 3.80. The number of pyridine rings is 1. The van der Waals surface area contributed by atoms with E-state index in [0.29, 0.717) is 0 Å². The Morgan fingerprint density at radius 3 is 2.57 bits per heavy atom. The fourth-order valence-corrected chi connectivity index (χ4v) is 3.46. The second-order valence-electron chi connectivity index (χ2n) is 6.46. The van der Waals surface area contributed by atoms with Crippen molar-refractivity contribution in [3.05, 3.63) is 58.0 Å². The van der Waals surface area contributed by atoms with E-state index >= 15 is 0 Å². The van der Waals surface area contributed by atoms with Crippen LogP contribution in [0.25, 0.3) is 11.1 Å². The number of fused-ring (bicyclic) bond motifs is 1. The number of aromatic nitrogens is 1. The first-order chi connectivity index (χ1) is 10.3. The minimum absolute atomic E-state index is 0.216. The van der Waals surface area contributed by atoms with Gasteiger partial charge in [0.15, 0.2) is 0 Å². The number of nitrogens with zero attached hydrogens (tertiary/aromatic N) is 1. The van der Waals surface area contributed by atoms with Crippen LogP contribution in [-0.2, 0) is 19.4 Å². The van der Waals surface area contributed by atoms with Crippen LogP contribution in [0.3, 0.4) is 0 Å². The topological polar surface area (TPSA) is 22.0 Å². The fraction of sp³-hybridized carbons (Fsp3) is 0.421. The maximum atomic E-state index is 13.0. The molecule has 108 valence electrons. The van der Waals surface area contributed by atoms with Crippen LogP contribution in [0.4, 0.5) is 0 Å². The highest BCUT2D eigenvalue weighted by molar-refractivity contribution is 5.63. The summed E-state index contributed by atoms with van der Waals surface area (Å²) in [5.74, 6) is 0.736. The number of hydrogen-bond donors (Lipinski definition) is 0. The molecule has 1 fully saturated rings. The van der Waals surface area contributed by atoms with Crippen molar-refractivity contribution in [3.63, 3.8) is 0 Å². The van der Waals surface area contributed by atoms with Crippen LogP contribution < -0.4 is 5.56 Å². The normalized spacial score (nSPS) is 17.5. The summed E-state index contributed by atoms with van der Waals surface area (Å²) >= 11 is 0. The largest absolute Gasteiger partial charge is 0.312 e. The van der Waals surface area contributed by atoms with Gasteiger partial charge in [0, 0.05) is 17.8 Å². The molecule has 4 rings (SSSR count). The zero-order valence-electron chi connectivity index (χ0n) is 12.3. The molecule has 1 aromatic carbocycles. The molecule has 2 nitrogen and oxygen atoms in total. The lowest BCUT2D eigenvalue weighted by molar-refractivity contribution is 0.543. The van der Waals surface area contributed by atoms with Crippen LogP contribution in [0.15, 0.2) is 41.2 Å². The molecule has 0 saturated heterocycles. The Kier molecular flexibility index (Phi) is 3.17. The van der Waals surface area contributed by atoms with Crippen LogP contribution in [0.5, 0.6) is 0 Å². The monoisotopic (exact) mass is 279 g/mol. The van der Waals surface area contributed by atoms with Crippen LogP contribution in [0.1, 0.15) is 36.9 Å². The molecule has 2 aliphatic rings. The van der Waals surface area contributed by atoms with Gasteiger partial charge >= 0.3 is 0 Å². The van der Waals surface area contributed by atoms with E-state index in [1.54, 1.807) is 0 Å². The highest BCUT2D eigenvalue weighted by Gasteiger charge is 2.26. The molecule has 0 spiro atoms. The lowest BCUT2D eigenvalue weighted by Crippen LogP contribution is -2.28. The molecule has 2 aromatic rings. The molecule has 0 atom stereocenters. The molecule has 0 aliphatic heterocycles. The number of benzene rings is 1. The van der Waals surface area contributed by atoms with E-state index in [2.05, 4.69) is 10.6 Å². The molecule has 1 saturated carbocycles. The van der Waals surface area contributed by atoms with E-state index in [1.165, 1.54) is 36.9 Å². The summed E-state index contributed by atoms with van der Waals surface area (Å²) < 4.78 is 2.11. The van der Waals surface area contributed by atoms with Gasteiger partial charge in [-0.15, -0.1) is 0 Å². The van der Waals surface area contributed by atoms with Gasteiger partial charge < -0.3 is 4.57 Å². The van der Waals surface area contributed by atoms with Crippen molar-refractivity contribution < 1.29 is 0 Å². The molecule has 0 amide bonds. The Labute approximate surface area is 125 Å². The molecule has 1 aromatic heterocycles. The lowest BCUT2D eigenvalue weighted by atomic mass is 9.92. The summed E-state index contributed by atoms with van der Waals surface area (Å²) in [6.07, 6.45) is 7.25. The first-order valence-electron chi connectivity index (χ1n) is 8.14. The minimum Gasteiger partial charge on any atom is -0.312 e. The molecule has 2 heteroatoms. The van der Waals surface area contributed by atoms with Gasteiger partial charge in [-0.2, -0.15) is 0 Å². The van der Waals surface area contributed by atoms with Crippen molar-refractivity contribution in [2.75, 3.05) is 0 Å². The van der Waals surface area contributed by atoms with E-state index in [4.69, 9.17) is 0 Å². The van der Waals surface area contributed by atoms with Gasteiger partial charge in [-0.05, 0) is 61.6 Å². The highest BCUT2D eigenvalue weighted by Crippen LogP contribution is 2.32. The van der Waals surface area contributed by atoms with Crippen molar-refractivity contribution >= 4 is 0 Å². The molecular formula is C19H21NO. The second kappa shape index (κ2) is 5.18. The molecule has 21 heavy (non-hydrogen) atoms. The summed E-state index contributed by atoms with van der Waals surface area (Å²) in [5, 5.41) is 0. The summed E-state index contributed by atoms with van der Waals surface area (Å²) in [4.78, 5) is 13.0. The molecule has 0 bridgehead atoms. The van der Waals surface area contributed by atoms with Crippen molar-refractivity contribution in [1.29, 1.82) is 0 Å². The van der Waals surface area contributed by atoms with Gasteiger partial charge in [-0.3, -0.25) is 4.79 Å². The van der Waals surface area contributed by atoms with E-state index in [-0.39, 0.29) is 5.56 Å². The van der Waals surface area contributed by atoms with Gasteiger partial charge in [-0.1, -0.05) is 30.3 Å². The Bertz CT molecular complexity index is 710. The fourth-order valence-electron chi connectivity index (χ4n) is 3.46. The second-order valence-corrected chi connectivity index (χ2v) is 6.46. The lowest BCUT2D eigenvalue weighted by Gasteiger charge is -2.22. The Hall–Kier alpha value is -1.83. The third kappa shape index (κ3) is 2.44. The first-order valence-corrected chi connectivity index (χ1v) is 8.14. The summed E-state index contributed by atoms with van der Waals surface area (Å²) in [6, 6.07) is 12.3. The van der Waals surface area contributed by atoms with Crippen LogP contribution >= 0.6 is 0 Å². The average molecular weight is 279 g/mol. The molecular weight excluding hydrogens is 258 g/mol. The smallest absolute Gasteiger partial charge is 0.258 e. The zero-order chi connectivity index (χ0) is 14.2. The quantitative estimate of drug-likeness (QED) is 0.837. The third-order valence-electron chi connectivity index (χ3n) is 4.82. The van der Waals surface area contributed by atoms with Gasteiger partial charge in [0.2, 0.25) is 0 Å². The molecule has 0 radical (unpaired) electrons. The van der Waals surface area contributed by atoms with E-state index in [0.717, 1.165) is 36.4 Å². The van der Waals surface area contributed by atoms with E-state index < -0.39 is 0 Å². The number of hydrogen-bond acceptors (Lipinski definition) is 1. The van der Waals surface area contributed by atoms with Crippen molar-refractivity contribution in [2.24, 2.45) is 5.92 Å². The highest BCUT2D eigenvalue weighted by atomic mass is 16.1. The first kappa shape index (κ1) is 12.9. The minimum atomic E-state index is 0.216. The van der Waals surface area contributed by atoms with Crippen LogP contribution in [0, 0.1) is 5.92 Å². The number of aryl methyl sites for hydroxylation is 1. The van der Waals surface area contributed by atoms with Gasteiger partial charge in [0.1, 0.15) is 0 Å². The van der Waals surface area contributed by atoms with Crippen LogP contribution in [0.2, 0.25) is 0 Å². The predicted molar refractivity (Wildman–Crippen MR) is 85.5 cm³/mol. The Morgan fingerprint density at radius 1 is 1.05 bits per heavy atom.